The zero-order chi connectivity index (χ0) is 11.7. The molecule has 0 radical (unpaired) electrons. The average Bonchev–Trinajstić information content (AvgIpc) is 2.69. The largest absolute Gasteiger partial charge is 0.478 e. The van der Waals surface area contributed by atoms with Gasteiger partial charge in [0.25, 0.3) is 0 Å². The van der Waals surface area contributed by atoms with Crippen molar-refractivity contribution in [1.82, 2.24) is 15.0 Å². The molecule has 2 rings (SSSR count). The molecule has 0 aliphatic carbocycles. The number of carbonyl (C=O) groups is 1. The molecule has 0 unspecified atom stereocenters. The molecule has 0 saturated carbocycles. The fourth-order valence-corrected chi connectivity index (χ4v) is 1.72. The summed E-state index contributed by atoms with van der Waals surface area (Å²) in [6, 6.07) is 3.53. The third-order valence-electron chi connectivity index (χ3n) is 2.29. The van der Waals surface area contributed by atoms with E-state index >= 15 is 0 Å². The smallest absolute Gasteiger partial charge is 0.337 e. The number of rotatable bonds is 2. The maximum atomic E-state index is 11.2. The summed E-state index contributed by atoms with van der Waals surface area (Å²) < 4.78 is 0. The first-order chi connectivity index (χ1) is 7.59. The molecule has 5 heteroatoms. The molecule has 1 aromatic heterocycles. The molecule has 0 spiro atoms. The van der Waals surface area contributed by atoms with E-state index < -0.39 is 5.97 Å². The lowest BCUT2D eigenvalue weighted by atomic mass is 10.0. The summed E-state index contributed by atoms with van der Waals surface area (Å²) in [6.07, 6.45) is 3.04. The Morgan fingerprint density at radius 2 is 1.88 bits per heavy atom. The van der Waals surface area contributed by atoms with Crippen LogP contribution in [0, 0.1) is 13.8 Å². The molecule has 1 aromatic carbocycles. The van der Waals surface area contributed by atoms with E-state index in [-0.39, 0.29) is 5.56 Å². The highest BCUT2D eigenvalue weighted by Gasteiger charge is 2.15. The van der Waals surface area contributed by atoms with Crippen molar-refractivity contribution in [1.29, 1.82) is 0 Å². The van der Waals surface area contributed by atoms with Gasteiger partial charge in [-0.3, -0.25) is 0 Å². The Morgan fingerprint density at radius 3 is 2.44 bits per heavy atom. The second-order valence-corrected chi connectivity index (χ2v) is 3.60. The second kappa shape index (κ2) is 3.77. The van der Waals surface area contributed by atoms with Gasteiger partial charge in [0.15, 0.2) is 0 Å². The molecule has 5 nitrogen and oxygen atoms in total. The van der Waals surface area contributed by atoms with Crippen LogP contribution < -0.4 is 0 Å². The van der Waals surface area contributed by atoms with Crippen LogP contribution in [0.2, 0.25) is 0 Å². The van der Waals surface area contributed by atoms with E-state index in [4.69, 9.17) is 5.11 Å². The second-order valence-electron chi connectivity index (χ2n) is 3.60. The van der Waals surface area contributed by atoms with E-state index in [0.29, 0.717) is 5.69 Å². The molecule has 0 amide bonds. The standard InChI is InChI=1S/C11H11N3O2/c1-7-5-8(2)10(9(6-7)11(15)16)14-12-3-4-13-14/h3-6H,1-2H3,(H,15,16). The van der Waals surface area contributed by atoms with Crippen molar-refractivity contribution < 1.29 is 9.90 Å². The third kappa shape index (κ3) is 1.67. The Hall–Kier alpha value is -2.17. The summed E-state index contributed by atoms with van der Waals surface area (Å²) in [7, 11) is 0. The number of aryl methyl sites for hydroxylation is 2. The SMILES string of the molecule is Cc1cc(C)c(-n2nccn2)c(C(=O)O)c1. The third-order valence-corrected chi connectivity index (χ3v) is 2.29. The summed E-state index contributed by atoms with van der Waals surface area (Å²) in [5.74, 6) is -0.973. The Bertz CT molecular complexity index is 532. The van der Waals surface area contributed by atoms with E-state index in [0.717, 1.165) is 11.1 Å². The number of nitrogens with zero attached hydrogens (tertiary/aromatic N) is 3. The van der Waals surface area contributed by atoms with E-state index in [9.17, 15) is 4.79 Å². The van der Waals surface area contributed by atoms with Gasteiger partial charge in [-0.25, -0.2) is 4.79 Å². The topological polar surface area (TPSA) is 68.0 Å². The number of carboxylic acid groups (broad SMARTS) is 1. The van der Waals surface area contributed by atoms with Crippen LogP contribution in [-0.2, 0) is 0 Å². The number of hydrogen-bond donors (Lipinski definition) is 1. The Morgan fingerprint density at radius 1 is 1.25 bits per heavy atom. The van der Waals surface area contributed by atoms with Crippen molar-refractivity contribution >= 4 is 5.97 Å². The van der Waals surface area contributed by atoms with Crippen molar-refractivity contribution in [2.45, 2.75) is 13.8 Å². The zero-order valence-electron chi connectivity index (χ0n) is 9.01. The van der Waals surface area contributed by atoms with Crippen molar-refractivity contribution in [2.75, 3.05) is 0 Å². The highest BCUT2D eigenvalue weighted by Crippen LogP contribution is 2.20. The zero-order valence-corrected chi connectivity index (χ0v) is 9.01. The van der Waals surface area contributed by atoms with Gasteiger partial charge in [0.2, 0.25) is 0 Å². The lowest BCUT2D eigenvalue weighted by Gasteiger charge is -2.09. The van der Waals surface area contributed by atoms with Crippen molar-refractivity contribution in [3.8, 4) is 5.69 Å². The van der Waals surface area contributed by atoms with Crippen LogP contribution in [0.25, 0.3) is 5.69 Å². The van der Waals surface area contributed by atoms with Crippen LogP contribution >= 0.6 is 0 Å². The molecule has 0 fully saturated rings. The van der Waals surface area contributed by atoms with Gasteiger partial charge in [0.05, 0.1) is 18.0 Å². The number of hydrogen-bond acceptors (Lipinski definition) is 3. The van der Waals surface area contributed by atoms with Gasteiger partial charge in [-0.2, -0.15) is 15.0 Å². The summed E-state index contributed by atoms with van der Waals surface area (Å²) in [6.45, 7) is 3.71. The first-order valence-corrected chi connectivity index (χ1v) is 4.81. The predicted octanol–water partition coefficient (Wildman–Crippen LogP) is 1.58. The molecule has 0 saturated heterocycles. The van der Waals surface area contributed by atoms with Crippen LogP contribution in [-0.4, -0.2) is 26.1 Å². The van der Waals surface area contributed by atoms with Crippen molar-refractivity contribution in [3.05, 3.63) is 41.2 Å². The van der Waals surface area contributed by atoms with Gasteiger partial charge in [-0.1, -0.05) is 6.07 Å². The quantitative estimate of drug-likeness (QED) is 0.829. The lowest BCUT2D eigenvalue weighted by Crippen LogP contribution is -2.10. The molecular formula is C11H11N3O2. The minimum atomic E-state index is -0.973. The minimum absolute atomic E-state index is 0.216. The van der Waals surface area contributed by atoms with Gasteiger partial charge in [-0.15, -0.1) is 0 Å². The molecular weight excluding hydrogens is 206 g/mol. The van der Waals surface area contributed by atoms with Crippen LogP contribution in [0.5, 0.6) is 0 Å². The Kier molecular flexibility index (Phi) is 2.44. The Balaban J connectivity index is 2.72. The number of benzene rings is 1. The van der Waals surface area contributed by atoms with E-state index in [1.807, 2.05) is 19.9 Å². The molecule has 0 aliphatic rings. The van der Waals surface area contributed by atoms with Gasteiger partial charge >= 0.3 is 5.97 Å². The summed E-state index contributed by atoms with van der Waals surface area (Å²) in [5, 5.41) is 17.1. The van der Waals surface area contributed by atoms with Crippen molar-refractivity contribution in [3.63, 3.8) is 0 Å². The molecule has 0 bridgehead atoms. The fourth-order valence-electron chi connectivity index (χ4n) is 1.72. The molecule has 2 aromatic rings. The van der Waals surface area contributed by atoms with E-state index in [1.165, 1.54) is 17.2 Å². The first-order valence-electron chi connectivity index (χ1n) is 4.81. The van der Waals surface area contributed by atoms with Crippen LogP contribution in [0.15, 0.2) is 24.5 Å². The van der Waals surface area contributed by atoms with Gasteiger partial charge in [-0.05, 0) is 31.0 Å². The van der Waals surface area contributed by atoms with Crippen molar-refractivity contribution in [2.24, 2.45) is 0 Å². The summed E-state index contributed by atoms with van der Waals surface area (Å²) >= 11 is 0. The Labute approximate surface area is 92.3 Å². The minimum Gasteiger partial charge on any atom is -0.478 e. The number of carboxylic acids is 1. The van der Waals surface area contributed by atoms with Crippen LogP contribution in [0.3, 0.4) is 0 Å². The van der Waals surface area contributed by atoms with Gasteiger partial charge in [0.1, 0.15) is 5.69 Å². The molecule has 0 atom stereocenters. The lowest BCUT2D eigenvalue weighted by molar-refractivity contribution is 0.0696. The highest BCUT2D eigenvalue weighted by molar-refractivity contribution is 5.92. The number of aromatic nitrogens is 3. The maximum Gasteiger partial charge on any atom is 0.337 e. The molecule has 16 heavy (non-hydrogen) atoms. The molecule has 0 aliphatic heterocycles. The van der Waals surface area contributed by atoms with Crippen LogP contribution in [0.4, 0.5) is 0 Å². The molecule has 1 N–H and O–H groups in total. The van der Waals surface area contributed by atoms with Gasteiger partial charge in [0, 0.05) is 0 Å². The molecule has 82 valence electrons. The number of aromatic carboxylic acids is 1. The highest BCUT2D eigenvalue weighted by atomic mass is 16.4. The predicted molar refractivity (Wildman–Crippen MR) is 57.8 cm³/mol. The first kappa shape index (κ1) is 10.4. The summed E-state index contributed by atoms with van der Waals surface area (Å²) in [5.41, 5.74) is 2.48. The van der Waals surface area contributed by atoms with E-state index in [2.05, 4.69) is 10.2 Å². The van der Waals surface area contributed by atoms with E-state index in [1.54, 1.807) is 6.07 Å². The monoisotopic (exact) mass is 217 g/mol. The average molecular weight is 217 g/mol. The normalized spacial score (nSPS) is 10.4. The van der Waals surface area contributed by atoms with Crippen LogP contribution in [0.1, 0.15) is 21.5 Å². The molecule has 1 heterocycles. The summed E-state index contributed by atoms with van der Waals surface area (Å²) in [4.78, 5) is 12.5. The fraction of sp³-hybridized carbons (Fsp3) is 0.182. The maximum absolute atomic E-state index is 11.2. The van der Waals surface area contributed by atoms with Gasteiger partial charge < -0.3 is 5.11 Å².